The monoisotopic (exact) mass is 292 g/mol. The van der Waals surface area contributed by atoms with Gasteiger partial charge < -0.3 is 15.3 Å². The lowest BCUT2D eigenvalue weighted by molar-refractivity contribution is 0.117. The quantitative estimate of drug-likeness (QED) is 0.734. The van der Waals surface area contributed by atoms with E-state index < -0.39 is 0 Å². The summed E-state index contributed by atoms with van der Waals surface area (Å²) in [6.45, 7) is 13.0. The lowest BCUT2D eigenvalue weighted by Crippen LogP contribution is -2.51. The highest BCUT2D eigenvalue weighted by atomic mass is 16.3. The number of benzene rings is 1. The van der Waals surface area contributed by atoms with Crippen molar-refractivity contribution in [2.75, 3.05) is 19.7 Å². The van der Waals surface area contributed by atoms with Crippen LogP contribution < -0.4 is 5.32 Å². The average molecular weight is 292 g/mol. The molecular formula is C18H32N2O. The molecule has 0 saturated carbocycles. The third-order valence-corrected chi connectivity index (χ3v) is 4.12. The molecule has 1 atom stereocenters. The fraction of sp³-hybridized carbons (Fsp3) is 0.667. The topological polar surface area (TPSA) is 35.5 Å². The van der Waals surface area contributed by atoms with Crippen LogP contribution in [0.1, 0.15) is 46.6 Å². The molecule has 21 heavy (non-hydrogen) atoms. The van der Waals surface area contributed by atoms with E-state index in [-0.39, 0.29) is 12.1 Å². The predicted molar refractivity (Wildman–Crippen MR) is 90.5 cm³/mol. The van der Waals surface area contributed by atoms with Crippen LogP contribution in [-0.2, 0) is 5.54 Å². The van der Waals surface area contributed by atoms with Crippen LogP contribution in [0.3, 0.4) is 0 Å². The highest BCUT2D eigenvalue weighted by Crippen LogP contribution is 2.26. The largest absolute Gasteiger partial charge is 0.394 e. The lowest BCUT2D eigenvalue weighted by Gasteiger charge is -2.38. The highest BCUT2D eigenvalue weighted by molar-refractivity contribution is 5.25. The molecule has 0 aliphatic carbocycles. The Balaban J connectivity index is 2.96. The summed E-state index contributed by atoms with van der Waals surface area (Å²) in [5, 5.41) is 13.7. The van der Waals surface area contributed by atoms with Gasteiger partial charge in [-0.25, -0.2) is 0 Å². The molecule has 1 aromatic carbocycles. The van der Waals surface area contributed by atoms with Gasteiger partial charge in [0.1, 0.15) is 0 Å². The summed E-state index contributed by atoms with van der Waals surface area (Å²) < 4.78 is 0. The standard InChI is InChI=1S/C18H32N2O/c1-6-20(16(4)5)13-12-18(14-21,19-15(2)3)17-10-8-7-9-11-17/h7-11,15-16,19,21H,6,12-14H2,1-5H3. The van der Waals surface area contributed by atoms with Gasteiger partial charge in [-0.3, -0.25) is 0 Å². The van der Waals surface area contributed by atoms with E-state index in [2.05, 4.69) is 57.0 Å². The second-order valence-corrected chi connectivity index (χ2v) is 6.38. The molecule has 0 radical (unpaired) electrons. The molecule has 0 saturated heterocycles. The smallest absolute Gasteiger partial charge is 0.0683 e. The van der Waals surface area contributed by atoms with E-state index in [1.807, 2.05) is 18.2 Å². The molecule has 0 aliphatic rings. The van der Waals surface area contributed by atoms with Crippen LogP contribution in [-0.4, -0.2) is 41.8 Å². The van der Waals surface area contributed by atoms with Gasteiger partial charge in [-0.05, 0) is 46.2 Å². The summed E-state index contributed by atoms with van der Waals surface area (Å²) in [7, 11) is 0. The van der Waals surface area contributed by atoms with E-state index in [1.165, 1.54) is 5.56 Å². The zero-order chi connectivity index (χ0) is 15.9. The Morgan fingerprint density at radius 3 is 2.19 bits per heavy atom. The number of aliphatic hydroxyl groups is 1. The van der Waals surface area contributed by atoms with Crippen molar-refractivity contribution in [3.05, 3.63) is 35.9 Å². The molecule has 120 valence electrons. The minimum Gasteiger partial charge on any atom is -0.394 e. The van der Waals surface area contributed by atoms with E-state index in [0.717, 1.165) is 19.5 Å². The van der Waals surface area contributed by atoms with Gasteiger partial charge in [0.15, 0.2) is 0 Å². The maximum Gasteiger partial charge on any atom is 0.0683 e. The van der Waals surface area contributed by atoms with Crippen LogP contribution in [0, 0.1) is 0 Å². The Bertz CT molecular complexity index is 391. The Hall–Kier alpha value is -0.900. The first-order chi connectivity index (χ1) is 9.95. The van der Waals surface area contributed by atoms with Crippen LogP contribution in [0.2, 0.25) is 0 Å². The molecule has 0 fully saturated rings. The van der Waals surface area contributed by atoms with Gasteiger partial charge in [0, 0.05) is 18.6 Å². The molecule has 0 aromatic heterocycles. The summed E-state index contributed by atoms with van der Waals surface area (Å²) >= 11 is 0. The fourth-order valence-electron chi connectivity index (χ4n) is 2.94. The summed E-state index contributed by atoms with van der Waals surface area (Å²) in [4.78, 5) is 2.44. The van der Waals surface area contributed by atoms with Crippen molar-refractivity contribution in [1.29, 1.82) is 0 Å². The van der Waals surface area contributed by atoms with E-state index in [1.54, 1.807) is 0 Å². The Kier molecular flexibility index (Phi) is 7.36. The van der Waals surface area contributed by atoms with Crippen molar-refractivity contribution >= 4 is 0 Å². The summed E-state index contributed by atoms with van der Waals surface area (Å²) in [6, 6.07) is 11.2. The molecule has 0 heterocycles. The molecule has 2 N–H and O–H groups in total. The second-order valence-electron chi connectivity index (χ2n) is 6.38. The van der Waals surface area contributed by atoms with Gasteiger partial charge in [0.2, 0.25) is 0 Å². The van der Waals surface area contributed by atoms with Crippen LogP contribution in [0.25, 0.3) is 0 Å². The number of nitrogens with one attached hydrogen (secondary N) is 1. The number of nitrogens with zero attached hydrogens (tertiary/aromatic N) is 1. The van der Waals surface area contributed by atoms with Crippen LogP contribution >= 0.6 is 0 Å². The third kappa shape index (κ3) is 5.10. The summed E-state index contributed by atoms with van der Waals surface area (Å²) in [5.74, 6) is 0. The molecule has 0 amide bonds. The van der Waals surface area contributed by atoms with Crippen LogP contribution in [0.4, 0.5) is 0 Å². The first-order valence-electron chi connectivity index (χ1n) is 8.13. The van der Waals surface area contributed by atoms with Crippen LogP contribution in [0.15, 0.2) is 30.3 Å². The maximum absolute atomic E-state index is 10.1. The zero-order valence-corrected chi connectivity index (χ0v) is 14.3. The van der Waals surface area contributed by atoms with E-state index in [4.69, 9.17) is 0 Å². The molecule has 0 bridgehead atoms. The van der Waals surface area contributed by atoms with Gasteiger partial charge >= 0.3 is 0 Å². The molecule has 1 unspecified atom stereocenters. The maximum atomic E-state index is 10.1. The SMILES string of the molecule is CCN(CCC(CO)(NC(C)C)c1ccccc1)C(C)C. The van der Waals surface area contributed by atoms with Gasteiger partial charge in [0.05, 0.1) is 12.1 Å². The molecular weight excluding hydrogens is 260 g/mol. The first-order valence-corrected chi connectivity index (χ1v) is 8.13. The van der Waals surface area contributed by atoms with Gasteiger partial charge in [-0.2, -0.15) is 0 Å². The zero-order valence-electron chi connectivity index (χ0n) is 14.3. The fourth-order valence-corrected chi connectivity index (χ4v) is 2.94. The van der Waals surface area contributed by atoms with Crippen LogP contribution in [0.5, 0.6) is 0 Å². The number of hydrogen-bond donors (Lipinski definition) is 2. The Labute approximate surface area is 130 Å². The van der Waals surface area contributed by atoms with Crippen molar-refractivity contribution in [2.45, 2.75) is 58.7 Å². The predicted octanol–water partition coefficient (Wildman–Crippen LogP) is 2.99. The first kappa shape index (κ1) is 18.1. The van der Waals surface area contributed by atoms with Crippen molar-refractivity contribution in [1.82, 2.24) is 10.2 Å². The summed E-state index contributed by atoms with van der Waals surface area (Å²) in [6.07, 6.45) is 0.901. The molecule has 3 nitrogen and oxygen atoms in total. The normalized spacial score (nSPS) is 14.9. The molecule has 3 heteroatoms. The third-order valence-electron chi connectivity index (χ3n) is 4.12. The van der Waals surface area contributed by atoms with Gasteiger partial charge in [-0.15, -0.1) is 0 Å². The van der Waals surface area contributed by atoms with Crippen molar-refractivity contribution in [2.24, 2.45) is 0 Å². The van der Waals surface area contributed by atoms with Crippen molar-refractivity contribution in [3.63, 3.8) is 0 Å². The van der Waals surface area contributed by atoms with E-state index in [0.29, 0.717) is 12.1 Å². The van der Waals surface area contributed by atoms with Crippen molar-refractivity contribution in [3.8, 4) is 0 Å². The van der Waals surface area contributed by atoms with E-state index in [9.17, 15) is 5.11 Å². The van der Waals surface area contributed by atoms with Gasteiger partial charge in [-0.1, -0.05) is 37.3 Å². The molecule has 0 spiro atoms. The number of hydrogen-bond acceptors (Lipinski definition) is 3. The van der Waals surface area contributed by atoms with Crippen molar-refractivity contribution < 1.29 is 5.11 Å². The van der Waals surface area contributed by atoms with Gasteiger partial charge in [0.25, 0.3) is 0 Å². The minimum absolute atomic E-state index is 0.116. The summed E-state index contributed by atoms with van der Waals surface area (Å²) in [5.41, 5.74) is 0.804. The lowest BCUT2D eigenvalue weighted by atomic mass is 9.86. The average Bonchev–Trinajstić information content (AvgIpc) is 2.46. The molecule has 1 rings (SSSR count). The second kappa shape index (κ2) is 8.52. The number of rotatable bonds is 9. The molecule has 0 aliphatic heterocycles. The Morgan fingerprint density at radius 1 is 1.14 bits per heavy atom. The minimum atomic E-state index is -0.363. The van der Waals surface area contributed by atoms with E-state index >= 15 is 0 Å². The Morgan fingerprint density at radius 2 is 1.76 bits per heavy atom. The molecule has 1 aromatic rings. The number of aliphatic hydroxyl groups excluding tert-OH is 1. The highest BCUT2D eigenvalue weighted by Gasteiger charge is 2.32.